The van der Waals surface area contributed by atoms with Crippen molar-refractivity contribution in [3.8, 4) is 0 Å². The lowest BCUT2D eigenvalue weighted by molar-refractivity contribution is 0.725. The maximum absolute atomic E-state index is 4.73. The van der Waals surface area contributed by atoms with E-state index in [1.165, 1.54) is 11.8 Å². The maximum atomic E-state index is 4.73. The number of imidazole rings is 1. The van der Waals surface area contributed by atoms with Crippen LogP contribution in [0.25, 0.3) is 11.0 Å². The van der Waals surface area contributed by atoms with Crippen LogP contribution in [0, 0.1) is 0 Å². The molecule has 0 bridgehead atoms. The van der Waals surface area contributed by atoms with Crippen molar-refractivity contribution in [1.29, 1.82) is 0 Å². The summed E-state index contributed by atoms with van der Waals surface area (Å²) in [4.78, 5) is 16.7. The zero-order chi connectivity index (χ0) is 14.3. The summed E-state index contributed by atoms with van der Waals surface area (Å²) in [7, 11) is 0. The number of aromatic amines is 1. The highest BCUT2D eigenvalue weighted by atomic mass is 32.2. The van der Waals surface area contributed by atoms with Crippen LogP contribution < -0.4 is 10.7 Å². The molecule has 4 nitrogen and oxygen atoms in total. The Morgan fingerprint density at radius 1 is 1.00 bits per heavy atom. The summed E-state index contributed by atoms with van der Waals surface area (Å²) in [5, 5.41) is 2.64. The van der Waals surface area contributed by atoms with Crippen molar-refractivity contribution in [1.82, 2.24) is 9.97 Å². The number of H-pyrrole nitrogens is 1. The van der Waals surface area contributed by atoms with Gasteiger partial charge in [-0.3, -0.25) is 0 Å². The molecule has 3 aromatic rings. The summed E-state index contributed by atoms with van der Waals surface area (Å²) in [5.41, 5.74) is 1.97. The first-order valence-electron chi connectivity index (χ1n) is 6.57. The SMILES string of the molecule is SCC1(Sc2nc3ccccc3[nH]2)N=c2ccccc2=N1. The molecule has 21 heavy (non-hydrogen) atoms. The van der Waals surface area contributed by atoms with E-state index in [0.29, 0.717) is 5.75 Å². The lowest BCUT2D eigenvalue weighted by atomic mass is 10.3. The van der Waals surface area contributed by atoms with Gasteiger partial charge in [-0.1, -0.05) is 24.3 Å². The average Bonchev–Trinajstić information content (AvgIpc) is 3.07. The van der Waals surface area contributed by atoms with Crippen LogP contribution in [0.4, 0.5) is 0 Å². The average molecular weight is 312 g/mol. The third-order valence-corrected chi connectivity index (χ3v) is 5.00. The Morgan fingerprint density at radius 3 is 2.33 bits per heavy atom. The third-order valence-electron chi connectivity index (χ3n) is 3.31. The minimum atomic E-state index is -0.638. The summed E-state index contributed by atoms with van der Waals surface area (Å²) in [5.74, 6) is 0.517. The number of fused-ring (bicyclic) bond motifs is 2. The topological polar surface area (TPSA) is 53.4 Å². The molecular weight excluding hydrogens is 300 g/mol. The van der Waals surface area contributed by atoms with Crippen molar-refractivity contribution >= 4 is 35.4 Å². The van der Waals surface area contributed by atoms with Gasteiger partial charge in [0.15, 0.2) is 5.16 Å². The van der Waals surface area contributed by atoms with Crippen LogP contribution in [0.3, 0.4) is 0 Å². The number of thiol groups is 1. The van der Waals surface area contributed by atoms with Gasteiger partial charge in [0.25, 0.3) is 0 Å². The van der Waals surface area contributed by atoms with Gasteiger partial charge in [-0.15, -0.1) is 0 Å². The zero-order valence-corrected chi connectivity index (χ0v) is 12.7. The number of nitrogens with zero attached hydrogens (tertiary/aromatic N) is 3. The van der Waals surface area contributed by atoms with Gasteiger partial charge in [0.1, 0.15) is 0 Å². The molecular formula is C15H12N4S2. The number of thioether (sulfide) groups is 1. The van der Waals surface area contributed by atoms with Crippen LogP contribution in [0.15, 0.2) is 63.7 Å². The second-order valence-corrected chi connectivity index (χ2v) is 6.34. The van der Waals surface area contributed by atoms with Crippen LogP contribution >= 0.6 is 24.4 Å². The van der Waals surface area contributed by atoms with Crippen LogP contribution in [0.5, 0.6) is 0 Å². The van der Waals surface area contributed by atoms with E-state index in [1.807, 2.05) is 48.5 Å². The molecule has 0 radical (unpaired) electrons. The van der Waals surface area contributed by atoms with E-state index in [2.05, 4.69) is 22.6 Å². The minimum Gasteiger partial charge on any atom is -0.333 e. The van der Waals surface area contributed by atoms with Crippen molar-refractivity contribution < 1.29 is 0 Å². The summed E-state index contributed by atoms with van der Waals surface area (Å²) >= 11 is 5.95. The molecule has 0 aliphatic carbocycles. The second kappa shape index (κ2) is 4.89. The molecule has 2 aromatic carbocycles. The summed E-state index contributed by atoms with van der Waals surface area (Å²) in [6, 6.07) is 15.9. The van der Waals surface area contributed by atoms with Crippen molar-refractivity contribution in [2.45, 2.75) is 10.2 Å². The Labute approximate surface area is 130 Å². The number of para-hydroxylation sites is 4. The quantitative estimate of drug-likeness (QED) is 0.729. The molecule has 0 spiro atoms. The molecule has 0 fully saturated rings. The first-order valence-corrected chi connectivity index (χ1v) is 8.02. The predicted octanol–water partition coefficient (Wildman–Crippen LogP) is 2.19. The fraction of sp³-hybridized carbons (Fsp3) is 0.133. The molecule has 4 rings (SSSR count). The first kappa shape index (κ1) is 12.9. The molecule has 104 valence electrons. The molecule has 2 heterocycles. The zero-order valence-electron chi connectivity index (χ0n) is 11.0. The van der Waals surface area contributed by atoms with E-state index in [4.69, 9.17) is 9.98 Å². The molecule has 1 aliphatic heterocycles. The van der Waals surface area contributed by atoms with Crippen molar-refractivity contribution in [3.63, 3.8) is 0 Å². The largest absolute Gasteiger partial charge is 0.333 e. The fourth-order valence-electron chi connectivity index (χ4n) is 2.34. The summed E-state index contributed by atoms with van der Waals surface area (Å²) < 4.78 is 0. The monoisotopic (exact) mass is 312 g/mol. The third kappa shape index (κ3) is 2.24. The van der Waals surface area contributed by atoms with E-state index >= 15 is 0 Å². The number of hydrogen-bond acceptors (Lipinski definition) is 5. The lowest BCUT2D eigenvalue weighted by Gasteiger charge is -2.18. The molecule has 0 saturated heterocycles. The molecule has 1 aromatic heterocycles. The summed E-state index contributed by atoms with van der Waals surface area (Å²) in [6.07, 6.45) is 0. The van der Waals surface area contributed by atoms with E-state index in [1.54, 1.807) is 0 Å². The highest BCUT2D eigenvalue weighted by Gasteiger charge is 2.32. The number of rotatable bonds is 3. The molecule has 1 N–H and O–H groups in total. The molecule has 0 atom stereocenters. The molecule has 0 amide bonds. The fourth-order valence-corrected chi connectivity index (χ4v) is 3.64. The lowest BCUT2D eigenvalue weighted by Crippen LogP contribution is -2.20. The van der Waals surface area contributed by atoms with E-state index < -0.39 is 4.99 Å². The number of nitrogens with one attached hydrogen (secondary N) is 1. The van der Waals surface area contributed by atoms with Crippen LogP contribution in [-0.2, 0) is 0 Å². The highest BCUT2D eigenvalue weighted by Crippen LogP contribution is 2.36. The number of hydrogen-bond donors (Lipinski definition) is 2. The number of aromatic nitrogens is 2. The van der Waals surface area contributed by atoms with Gasteiger partial charge >= 0.3 is 0 Å². The highest BCUT2D eigenvalue weighted by molar-refractivity contribution is 8.01. The number of benzene rings is 2. The van der Waals surface area contributed by atoms with Gasteiger partial charge in [0.05, 0.1) is 21.7 Å². The second-order valence-electron chi connectivity index (χ2n) is 4.77. The predicted molar refractivity (Wildman–Crippen MR) is 87.3 cm³/mol. The Morgan fingerprint density at radius 2 is 1.67 bits per heavy atom. The standard InChI is InChI=1S/C15H12N4S2/c20-9-15(18-12-7-3-4-8-13(12)19-15)21-14-16-10-5-1-2-6-11(10)17-14/h1-8,20H,9H2,(H,16,17). The molecule has 0 saturated carbocycles. The van der Waals surface area contributed by atoms with E-state index in [-0.39, 0.29) is 0 Å². The van der Waals surface area contributed by atoms with Crippen molar-refractivity contribution in [3.05, 3.63) is 59.2 Å². The van der Waals surface area contributed by atoms with Gasteiger partial charge in [0.2, 0.25) is 4.99 Å². The maximum Gasteiger partial charge on any atom is 0.214 e. The molecule has 1 aliphatic rings. The van der Waals surface area contributed by atoms with Crippen LogP contribution in [0.2, 0.25) is 0 Å². The first-order chi connectivity index (χ1) is 10.3. The van der Waals surface area contributed by atoms with Gasteiger partial charge in [0, 0.05) is 5.75 Å². The van der Waals surface area contributed by atoms with Gasteiger partial charge in [-0.25, -0.2) is 15.0 Å². The van der Waals surface area contributed by atoms with Crippen molar-refractivity contribution in [2.24, 2.45) is 9.98 Å². The van der Waals surface area contributed by atoms with Crippen LogP contribution in [-0.4, -0.2) is 20.7 Å². The smallest absolute Gasteiger partial charge is 0.214 e. The molecule has 6 heteroatoms. The Balaban J connectivity index is 1.77. The van der Waals surface area contributed by atoms with Gasteiger partial charge in [-0.2, -0.15) is 12.6 Å². The Hall–Kier alpha value is -1.79. The van der Waals surface area contributed by atoms with Crippen LogP contribution in [0.1, 0.15) is 0 Å². The van der Waals surface area contributed by atoms with Crippen molar-refractivity contribution in [2.75, 3.05) is 5.75 Å². The Bertz CT molecular complexity index is 864. The van der Waals surface area contributed by atoms with Gasteiger partial charge in [-0.05, 0) is 36.0 Å². The van der Waals surface area contributed by atoms with E-state index in [9.17, 15) is 0 Å². The van der Waals surface area contributed by atoms with Gasteiger partial charge < -0.3 is 4.98 Å². The summed E-state index contributed by atoms with van der Waals surface area (Å²) in [6.45, 7) is 0. The Kier molecular flexibility index (Phi) is 3.01. The minimum absolute atomic E-state index is 0.517. The van der Waals surface area contributed by atoms with E-state index in [0.717, 1.165) is 26.9 Å². The molecule has 0 unspecified atom stereocenters. The normalized spacial score (nSPS) is 15.5.